The number of ether oxygens (including phenoxy) is 1. The predicted molar refractivity (Wildman–Crippen MR) is 98.7 cm³/mol. The second-order valence-electron chi connectivity index (χ2n) is 5.43. The summed E-state index contributed by atoms with van der Waals surface area (Å²) in [5, 5.41) is 7.41. The van der Waals surface area contributed by atoms with Crippen molar-refractivity contribution in [3.05, 3.63) is 76.9 Å². The molecule has 3 aromatic rings. The Morgan fingerprint density at radius 1 is 1.35 bits per heavy atom. The molecule has 0 aliphatic heterocycles. The van der Waals surface area contributed by atoms with Crippen molar-refractivity contribution < 1.29 is 4.74 Å². The Balaban J connectivity index is 1.97. The molecule has 8 heteroatoms. The molecule has 0 spiro atoms. The number of nitrogens with zero attached hydrogens (tertiary/aromatic N) is 4. The Morgan fingerprint density at radius 3 is 2.85 bits per heavy atom. The summed E-state index contributed by atoms with van der Waals surface area (Å²) in [4.78, 5) is 21.1. The zero-order valence-corrected chi connectivity index (χ0v) is 14.2. The van der Waals surface area contributed by atoms with Crippen LogP contribution in [0.25, 0.3) is 11.4 Å². The maximum atomic E-state index is 12.7. The minimum atomic E-state index is -0.224. The highest BCUT2D eigenvalue weighted by Crippen LogP contribution is 2.23. The SMILES string of the molecule is COc1nc(-n2ccn(Cc3cccnc3)c2=O)ccc1/C(C=N)=C/N. The van der Waals surface area contributed by atoms with E-state index in [0.717, 1.165) is 11.8 Å². The van der Waals surface area contributed by atoms with Crippen LogP contribution in [0.5, 0.6) is 5.88 Å². The first-order valence-corrected chi connectivity index (χ1v) is 7.82. The number of aromatic nitrogens is 4. The van der Waals surface area contributed by atoms with E-state index >= 15 is 0 Å². The summed E-state index contributed by atoms with van der Waals surface area (Å²) < 4.78 is 8.29. The molecular formula is C18H18N6O2. The van der Waals surface area contributed by atoms with E-state index in [2.05, 4.69) is 9.97 Å². The van der Waals surface area contributed by atoms with Gasteiger partial charge in [-0.1, -0.05) is 6.07 Å². The van der Waals surface area contributed by atoms with E-state index in [0.29, 0.717) is 23.5 Å². The van der Waals surface area contributed by atoms with Crippen LogP contribution in [0.4, 0.5) is 0 Å². The number of nitrogens with two attached hydrogens (primary N) is 1. The third-order valence-electron chi connectivity index (χ3n) is 3.85. The first-order valence-electron chi connectivity index (χ1n) is 7.82. The van der Waals surface area contributed by atoms with Gasteiger partial charge in [-0.3, -0.25) is 14.1 Å². The second-order valence-corrected chi connectivity index (χ2v) is 5.43. The quantitative estimate of drug-likeness (QED) is 0.653. The highest BCUT2D eigenvalue weighted by molar-refractivity contribution is 6.09. The fourth-order valence-corrected chi connectivity index (χ4v) is 2.55. The van der Waals surface area contributed by atoms with Gasteiger partial charge in [0.15, 0.2) is 0 Å². The van der Waals surface area contributed by atoms with E-state index in [4.69, 9.17) is 15.9 Å². The molecule has 3 N–H and O–H groups in total. The van der Waals surface area contributed by atoms with Gasteiger partial charge in [0.25, 0.3) is 0 Å². The van der Waals surface area contributed by atoms with Gasteiger partial charge in [0.05, 0.1) is 13.7 Å². The van der Waals surface area contributed by atoms with Crippen LogP contribution in [-0.4, -0.2) is 32.4 Å². The molecule has 3 aromatic heterocycles. The van der Waals surface area contributed by atoms with Crippen molar-refractivity contribution >= 4 is 11.8 Å². The number of hydrogen-bond donors (Lipinski definition) is 2. The van der Waals surface area contributed by atoms with E-state index in [1.807, 2.05) is 12.1 Å². The molecule has 0 unspecified atom stereocenters. The van der Waals surface area contributed by atoms with Crippen LogP contribution in [-0.2, 0) is 6.54 Å². The van der Waals surface area contributed by atoms with Gasteiger partial charge < -0.3 is 15.9 Å². The highest BCUT2D eigenvalue weighted by atomic mass is 16.5. The number of hydrogen-bond acceptors (Lipinski definition) is 6. The molecule has 26 heavy (non-hydrogen) atoms. The third kappa shape index (κ3) is 3.25. The van der Waals surface area contributed by atoms with E-state index in [1.54, 1.807) is 41.5 Å². The van der Waals surface area contributed by atoms with Crippen LogP contribution < -0.4 is 16.2 Å². The number of nitrogens with one attached hydrogen (secondary N) is 1. The Morgan fingerprint density at radius 2 is 2.19 bits per heavy atom. The lowest BCUT2D eigenvalue weighted by atomic mass is 10.1. The Bertz CT molecular complexity index is 1000. The number of pyridine rings is 2. The van der Waals surface area contributed by atoms with Crippen LogP contribution in [0.2, 0.25) is 0 Å². The van der Waals surface area contributed by atoms with Crippen LogP contribution in [0, 0.1) is 5.41 Å². The van der Waals surface area contributed by atoms with Gasteiger partial charge in [0.2, 0.25) is 5.88 Å². The van der Waals surface area contributed by atoms with Crippen molar-refractivity contribution in [3.8, 4) is 11.7 Å². The molecule has 0 aliphatic carbocycles. The van der Waals surface area contributed by atoms with E-state index in [1.165, 1.54) is 17.9 Å². The van der Waals surface area contributed by atoms with Gasteiger partial charge in [0, 0.05) is 48.3 Å². The largest absolute Gasteiger partial charge is 0.480 e. The van der Waals surface area contributed by atoms with E-state index < -0.39 is 0 Å². The highest BCUT2D eigenvalue weighted by Gasteiger charge is 2.13. The average molecular weight is 350 g/mol. The fraction of sp³-hybridized carbons (Fsp3) is 0.111. The first kappa shape index (κ1) is 17.2. The van der Waals surface area contributed by atoms with Gasteiger partial charge in [-0.05, 0) is 23.8 Å². The Hall–Kier alpha value is -3.68. The smallest absolute Gasteiger partial charge is 0.334 e. The normalized spacial score (nSPS) is 11.3. The second kappa shape index (κ2) is 7.47. The lowest BCUT2D eigenvalue weighted by molar-refractivity contribution is 0.396. The molecule has 8 nitrogen and oxygen atoms in total. The van der Waals surface area contributed by atoms with Gasteiger partial charge in [0.1, 0.15) is 5.82 Å². The number of imidazole rings is 1. The molecule has 0 aromatic carbocycles. The van der Waals surface area contributed by atoms with Crippen LogP contribution in [0.15, 0.2) is 60.0 Å². The zero-order valence-electron chi connectivity index (χ0n) is 14.2. The summed E-state index contributed by atoms with van der Waals surface area (Å²) in [5.41, 5.74) is 7.29. The summed E-state index contributed by atoms with van der Waals surface area (Å²) >= 11 is 0. The summed E-state index contributed by atoms with van der Waals surface area (Å²) in [6, 6.07) is 7.13. The molecule has 0 aliphatic rings. The first-order chi connectivity index (χ1) is 12.7. The fourth-order valence-electron chi connectivity index (χ4n) is 2.55. The van der Waals surface area contributed by atoms with Crippen molar-refractivity contribution in [2.45, 2.75) is 6.54 Å². The monoisotopic (exact) mass is 350 g/mol. The molecule has 0 saturated carbocycles. The molecule has 0 amide bonds. The molecule has 0 bridgehead atoms. The van der Waals surface area contributed by atoms with Crippen molar-refractivity contribution in [3.63, 3.8) is 0 Å². The Kier molecular flexibility index (Phi) is 4.93. The maximum absolute atomic E-state index is 12.7. The summed E-state index contributed by atoms with van der Waals surface area (Å²) in [5.74, 6) is 0.705. The molecule has 0 saturated heterocycles. The van der Waals surface area contributed by atoms with Crippen LogP contribution >= 0.6 is 0 Å². The van der Waals surface area contributed by atoms with E-state index in [-0.39, 0.29) is 11.6 Å². The molecule has 0 radical (unpaired) electrons. The predicted octanol–water partition coefficient (Wildman–Crippen LogP) is 1.44. The van der Waals surface area contributed by atoms with Crippen molar-refractivity contribution in [1.29, 1.82) is 5.41 Å². The molecular weight excluding hydrogens is 332 g/mol. The molecule has 3 rings (SSSR count). The lowest BCUT2D eigenvalue weighted by Gasteiger charge is -2.09. The van der Waals surface area contributed by atoms with Gasteiger partial charge in [-0.15, -0.1) is 0 Å². The average Bonchev–Trinajstić information content (AvgIpc) is 3.04. The molecule has 132 valence electrons. The molecule has 0 fully saturated rings. The Labute approximate surface area is 149 Å². The van der Waals surface area contributed by atoms with Crippen molar-refractivity contribution in [2.75, 3.05) is 7.11 Å². The number of rotatable bonds is 6. The van der Waals surface area contributed by atoms with Gasteiger partial charge >= 0.3 is 5.69 Å². The van der Waals surface area contributed by atoms with E-state index in [9.17, 15) is 4.79 Å². The minimum absolute atomic E-state index is 0.224. The van der Waals surface area contributed by atoms with Gasteiger partial charge in [-0.25, -0.2) is 4.79 Å². The minimum Gasteiger partial charge on any atom is -0.480 e. The van der Waals surface area contributed by atoms with Gasteiger partial charge in [-0.2, -0.15) is 4.98 Å². The lowest BCUT2D eigenvalue weighted by Crippen LogP contribution is -2.24. The summed E-state index contributed by atoms with van der Waals surface area (Å²) in [7, 11) is 1.48. The summed E-state index contributed by atoms with van der Waals surface area (Å²) in [6.45, 7) is 0.419. The van der Waals surface area contributed by atoms with Crippen LogP contribution in [0.3, 0.4) is 0 Å². The number of methoxy groups -OCH3 is 1. The van der Waals surface area contributed by atoms with Crippen molar-refractivity contribution in [1.82, 2.24) is 19.1 Å². The number of allylic oxidation sites excluding steroid dienone is 1. The summed E-state index contributed by atoms with van der Waals surface area (Å²) in [6.07, 6.45) is 9.18. The maximum Gasteiger partial charge on any atom is 0.334 e. The topological polar surface area (TPSA) is 112 Å². The molecule has 3 heterocycles. The van der Waals surface area contributed by atoms with Crippen molar-refractivity contribution in [2.24, 2.45) is 5.73 Å². The third-order valence-corrected chi connectivity index (χ3v) is 3.85. The zero-order chi connectivity index (χ0) is 18.5. The standard InChI is InChI=1S/C18H18N6O2/c1-26-17-15(14(9-19)10-20)4-5-16(22-17)24-8-7-23(18(24)25)12-13-3-2-6-21-11-13/h2-11,19H,12,20H2,1H3/b14-10+,19-9?. The molecule has 0 atom stereocenters. The van der Waals surface area contributed by atoms with Crippen LogP contribution in [0.1, 0.15) is 11.1 Å².